The van der Waals surface area contributed by atoms with E-state index >= 15 is 0 Å². The Morgan fingerprint density at radius 2 is 2.08 bits per heavy atom. The van der Waals surface area contributed by atoms with E-state index in [9.17, 15) is 4.79 Å². The molecule has 1 aromatic heterocycles. The molecular weight excluding hydrogens is 386 g/mol. The van der Waals surface area contributed by atoms with Crippen LogP contribution in [0.15, 0.2) is 64.5 Å². The van der Waals surface area contributed by atoms with Gasteiger partial charge in [0.05, 0.1) is 0 Å². The Hall–Kier alpha value is -2.05. The first kappa shape index (κ1) is 16.8. The SMILES string of the molecule is CSc1nccn1-c1cccc(C(=O)Nc2ccc(Br)cc2C)c1. The van der Waals surface area contributed by atoms with Gasteiger partial charge in [0.25, 0.3) is 5.91 Å². The maximum Gasteiger partial charge on any atom is 0.255 e. The number of thioether (sulfide) groups is 1. The lowest BCUT2D eigenvalue weighted by Crippen LogP contribution is -2.13. The Morgan fingerprint density at radius 3 is 2.83 bits per heavy atom. The van der Waals surface area contributed by atoms with Gasteiger partial charge in [0.1, 0.15) is 0 Å². The first-order valence-corrected chi connectivity index (χ1v) is 9.35. The van der Waals surface area contributed by atoms with E-state index in [-0.39, 0.29) is 5.91 Å². The number of benzene rings is 2. The molecule has 0 radical (unpaired) electrons. The van der Waals surface area contributed by atoms with Crippen LogP contribution in [0.4, 0.5) is 5.69 Å². The fourth-order valence-corrected chi connectivity index (χ4v) is 3.40. The van der Waals surface area contributed by atoms with E-state index in [2.05, 4.69) is 26.2 Å². The zero-order valence-electron chi connectivity index (χ0n) is 13.3. The van der Waals surface area contributed by atoms with Gasteiger partial charge >= 0.3 is 0 Å². The predicted molar refractivity (Wildman–Crippen MR) is 102 cm³/mol. The fraction of sp³-hybridized carbons (Fsp3) is 0.111. The van der Waals surface area contributed by atoms with Crippen LogP contribution in [0.1, 0.15) is 15.9 Å². The van der Waals surface area contributed by atoms with E-state index in [1.165, 1.54) is 0 Å². The van der Waals surface area contributed by atoms with Gasteiger partial charge in [-0.15, -0.1) is 0 Å². The van der Waals surface area contributed by atoms with Crippen LogP contribution >= 0.6 is 27.7 Å². The van der Waals surface area contributed by atoms with E-state index in [4.69, 9.17) is 0 Å². The molecule has 0 atom stereocenters. The molecule has 0 fully saturated rings. The predicted octanol–water partition coefficient (Wildman–Crippen LogP) is 4.92. The molecule has 3 aromatic rings. The molecule has 0 bridgehead atoms. The van der Waals surface area contributed by atoms with E-state index in [0.29, 0.717) is 5.56 Å². The molecule has 1 amide bonds. The van der Waals surface area contributed by atoms with Crippen molar-refractivity contribution in [1.82, 2.24) is 9.55 Å². The van der Waals surface area contributed by atoms with Crippen molar-refractivity contribution < 1.29 is 4.79 Å². The number of hydrogen-bond acceptors (Lipinski definition) is 3. The van der Waals surface area contributed by atoms with Crippen LogP contribution in [0.25, 0.3) is 5.69 Å². The summed E-state index contributed by atoms with van der Waals surface area (Å²) in [4.78, 5) is 16.9. The summed E-state index contributed by atoms with van der Waals surface area (Å²) >= 11 is 4.99. The molecule has 0 spiro atoms. The number of carbonyl (C=O) groups excluding carboxylic acids is 1. The minimum absolute atomic E-state index is 0.131. The van der Waals surface area contributed by atoms with E-state index in [0.717, 1.165) is 26.6 Å². The van der Waals surface area contributed by atoms with Crippen molar-refractivity contribution >= 4 is 39.3 Å². The minimum Gasteiger partial charge on any atom is -0.322 e. The third kappa shape index (κ3) is 3.55. The van der Waals surface area contributed by atoms with E-state index < -0.39 is 0 Å². The molecule has 0 saturated carbocycles. The molecule has 0 aliphatic heterocycles. The van der Waals surface area contributed by atoms with Gasteiger partial charge in [0.2, 0.25) is 0 Å². The summed E-state index contributed by atoms with van der Waals surface area (Å²) in [5, 5.41) is 3.85. The average molecular weight is 402 g/mol. The summed E-state index contributed by atoms with van der Waals surface area (Å²) in [6.07, 6.45) is 5.62. The lowest BCUT2D eigenvalue weighted by Gasteiger charge is -2.11. The van der Waals surface area contributed by atoms with Gasteiger partial charge in [0, 0.05) is 33.8 Å². The van der Waals surface area contributed by atoms with Crippen molar-refractivity contribution in [3.63, 3.8) is 0 Å². The lowest BCUT2D eigenvalue weighted by molar-refractivity contribution is 0.102. The van der Waals surface area contributed by atoms with Crippen molar-refractivity contribution in [1.29, 1.82) is 0 Å². The van der Waals surface area contributed by atoms with Gasteiger partial charge in [-0.25, -0.2) is 4.98 Å². The second-order valence-electron chi connectivity index (χ2n) is 5.25. The molecule has 0 unspecified atom stereocenters. The van der Waals surface area contributed by atoms with Crippen LogP contribution in [0.5, 0.6) is 0 Å². The Bertz CT molecular complexity index is 891. The van der Waals surface area contributed by atoms with Crippen LogP contribution < -0.4 is 5.32 Å². The number of carbonyl (C=O) groups is 1. The highest BCUT2D eigenvalue weighted by molar-refractivity contribution is 9.10. The molecule has 4 nitrogen and oxygen atoms in total. The van der Waals surface area contributed by atoms with Crippen molar-refractivity contribution in [2.75, 3.05) is 11.6 Å². The molecule has 24 heavy (non-hydrogen) atoms. The van der Waals surface area contributed by atoms with E-state index in [1.54, 1.807) is 18.0 Å². The number of rotatable bonds is 4. The molecule has 3 rings (SSSR count). The highest BCUT2D eigenvalue weighted by atomic mass is 79.9. The molecule has 2 aromatic carbocycles. The first-order chi connectivity index (χ1) is 11.6. The Balaban J connectivity index is 1.87. The molecule has 0 aliphatic carbocycles. The molecular formula is C18H16BrN3OS. The number of imidazole rings is 1. The third-order valence-corrected chi connectivity index (χ3v) is 4.77. The molecule has 122 valence electrons. The Kier molecular flexibility index (Phi) is 5.06. The quantitative estimate of drug-likeness (QED) is 0.631. The Morgan fingerprint density at radius 1 is 1.25 bits per heavy atom. The van der Waals surface area contributed by atoms with Gasteiger partial charge in [-0.3, -0.25) is 9.36 Å². The van der Waals surface area contributed by atoms with Crippen molar-refractivity contribution in [3.05, 3.63) is 70.5 Å². The van der Waals surface area contributed by atoms with Crippen LogP contribution in [0, 0.1) is 6.92 Å². The summed E-state index contributed by atoms with van der Waals surface area (Å²) in [6, 6.07) is 13.3. The molecule has 0 saturated heterocycles. The minimum atomic E-state index is -0.131. The van der Waals surface area contributed by atoms with Gasteiger partial charge in [-0.05, 0) is 55.1 Å². The molecule has 6 heteroatoms. The van der Waals surface area contributed by atoms with Crippen molar-refractivity contribution in [2.45, 2.75) is 12.1 Å². The number of nitrogens with zero attached hydrogens (tertiary/aromatic N) is 2. The zero-order valence-corrected chi connectivity index (χ0v) is 15.7. The largest absolute Gasteiger partial charge is 0.322 e. The second-order valence-corrected chi connectivity index (χ2v) is 6.94. The summed E-state index contributed by atoms with van der Waals surface area (Å²) in [6.45, 7) is 1.97. The Labute approximate surface area is 153 Å². The number of halogens is 1. The summed E-state index contributed by atoms with van der Waals surface area (Å²) in [7, 11) is 0. The molecule has 1 N–H and O–H groups in total. The number of hydrogen-bond donors (Lipinski definition) is 1. The number of amides is 1. The third-order valence-electron chi connectivity index (χ3n) is 3.61. The monoisotopic (exact) mass is 401 g/mol. The zero-order chi connectivity index (χ0) is 17.1. The number of nitrogens with one attached hydrogen (secondary N) is 1. The standard InChI is InChI=1S/C18H16BrN3OS/c1-12-10-14(19)6-7-16(12)21-17(23)13-4-3-5-15(11-13)22-9-8-20-18(22)24-2/h3-11H,1-2H3,(H,21,23). The highest BCUT2D eigenvalue weighted by Crippen LogP contribution is 2.22. The smallest absolute Gasteiger partial charge is 0.255 e. The van der Waals surface area contributed by atoms with Gasteiger partial charge in [0.15, 0.2) is 5.16 Å². The topological polar surface area (TPSA) is 46.9 Å². The lowest BCUT2D eigenvalue weighted by atomic mass is 10.1. The molecule has 1 heterocycles. The van der Waals surface area contributed by atoms with Crippen molar-refractivity contribution in [3.8, 4) is 5.69 Å². The first-order valence-electron chi connectivity index (χ1n) is 7.34. The van der Waals surface area contributed by atoms with Gasteiger partial charge in [-0.2, -0.15) is 0 Å². The van der Waals surface area contributed by atoms with Gasteiger partial charge in [-0.1, -0.05) is 33.8 Å². The molecule has 0 aliphatic rings. The maximum absolute atomic E-state index is 12.6. The second kappa shape index (κ2) is 7.23. The number of aromatic nitrogens is 2. The maximum atomic E-state index is 12.6. The number of anilines is 1. The summed E-state index contributed by atoms with van der Waals surface area (Å²) in [5.41, 5.74) is 3.33. The fourth-order valence-electron chi connectivity index (χ4n) is 2.40. The summed E-state index contributed by atoms with van der Waals surface area (Å²) < 4.78 is 2.96. The van der Waals surface area contributed by atoms with Crippen LogP contribution in [-0.2, 0) is 0 Å². The van der Waals surface area contributed by atoms with Crippen LogP contribution in [0.2, 0.25) is 0 Å². The average Bonchev–Trinajstić information content (AvgIpc) is 3.06. The highest BCUT2D eigenvalue weighted by Gasteiger charge is 2.10. The summed E-state index contributed by atoms with van der Waals surface area (Å²) in [5.74, 6) is -0.131. The van der Waals surface area contributed by atoms with Gasteiger partial charge < -0.3 is 5.32 Å². The normalized spacial score (nSPS) is 10.6. The van der Waals surface area contributed by atoms with Crippen molar-refractivity contribution in [2.24, 2.45) is 0 Å². The number of aryl methyl sites for hydroxylation is 1. The van der Waals surface area contributed by atoms with Crippen LogP contribution in [-0.4, -0.2) is 21.7 Å². The van der Waals surface area contributed by atoms with E-state index in [1.807, 2.05) is 66.4 Å². The van der Waals surface area contributed by atoms with Crippen LogP contribution in [0.3, 0.4) is 0 Å².